The van der Waals surface area contributed by atoms with E-state index in [0.717, 1.165) is 38.9 Å². The predicted molar refractivity (Wildman–Crippen MR) is 192 cm³/mol. The molecule has 5 nitrogen and oxygen atoms in total. The van der Waals surface area contributed by atoms with Crippen molar-refractivity contribution in [2.75, 3.05) is 0 Å². The molecule has 0 atom stereocenters. The third-order valence-corrected chi connectivity index (χ3v) is 9.66. The first-order chi connectivity index (χ1) is 23.0. The third kappa shape index (κ3) is 4.20. The summed E-state index contributed by atoms with van der Waals surface area (Å²) in [6, 6.07) is 48.4. The van der Waals surface area contributed by atoms with Gasteiger partial charge in [-0.05, 0) is 58.7 Å². The topological polar surface area (TPSA) is 69.8 Å². The molecule has 2 aromatic heterocycles. The maximum atomic E-state index is 9.09. The van der Waals surface area contributed by atoms with E-state index in [9.17, 15) is 0 Å². The van der Waals surface area contributed by atoms with Gasteiger partial charge in [0.1, 0.15) is 0 Å². The van der Waals surface area contributed by atoms with E-state index in [4.69, 9.17) is 15.4 Å². The van der Waals surface area contributed by atoms with E-state index in [2.05, 4.69) is 102 Å². The van der Waals surface area contributed by atoms with Crippen molar-refractivity contribution in [3.63, 3.8) is 0 Å². The zero-order valence-corrected chi connectivity index (χ0v) is 26.1. The van der Waals surface area contributed by atoms with Gasteiger partial charge in [-0.25, -0.2) is 4.98 Å². The van der Waals surface area contributed by atoms with Crippen molar-refractivity contribution in [1.82, 2.24) is 14.5 Å². The lowest BCUT2D eigenvalue weighted by molar-refractivity contribution is 0.661. The van der Waals surface area contributed by atoms with Gasteiger partial charge in [0, 0.05) is 38.4 Å². The lowest BCUT2D eigenvalue weighted by atomic mass is 9.82. The van der Waals surface area contributed by atoms with Crippen LogP contribution in [0.1, 0.15) is 30.5 Å². The van der Waals surface area contributed by atoms with Crippen LogP contribution in [0.4, 0.5) is 0 Å². The van der Waals surface area contributed by atoms with Gasteiger partial charge in [0.15, 0.2) is 5.84 Å². The van der Waals surface area contributed by atoms with Crippen LogP contribution < -0.4 is 5.62 Å². The summed E-state index contributed by atoms with van der Waals surface area (Å²) in [5, 5.41) is 12.5. The van der Waals surface area contributed by atoms with Gasteiger partial charge in [0.2, 0.25) is 5.62 Å². The summed E-state index contributed by atoms with van der Waals surface area (Å²) in [6.07, 6.45) is 0. The van der Waals surface area contributed by atoms with Crippen LogP contribution in [-0.4, -0.2) is 20.4 Å². The molecule has 5 heteroatoms. The van der Waals surface area contributed by atoms with Gasteiger partial charge in [-0.2, -0.15) is 4.99 Å². The average Bonchev–Trinajstić information content (AvgIpc) is 3.55. The summed E-state index contributed by atoms with van der Waals surface area (Å²) in [5.74, 6) is 0.141. The molecule has 2 N–H and O–H groups in total. The van der Waals surface area contributed by atoms with E-state index in [1.807, 2.05) is 60.7 Å². The number of benzene rings is 6. The fourth-order valence-corrected chi connectivity index (χ4v) is 7.39. The Morgan fingerprint density at radius 2 is 1.40 bits per heavy atom. The van der Waals surface area contributed by atoms with Crippen LogP contribution >= 0.6 is 0 Å². The van der Waals surface area contributed by atoms with Gasteiger partial charge < -0.3 is 9.55 Å². The minimum absolute atomic E-state index is 0.0754. The molecule has 0 amide bonds. The van der Waals surface area contributed by atoms with Crippen LogP contribution in [0, 0.1) is 5.41 Å². The third-order valence-electron chi connectivity index (χ3n) is 9.66. The number of amidine groups is 1. The summed E-state index contributed by atoms with van der Waals surface area (Å²) in [4.78, 5) is 12.9. The molecule has 0 fully saturated rings. The molecule has 9 rings (SSSR count). The second kappa shape index (κ2) is 10.2. The summed E-state index contributed by atoms with van der Waals surface area (Å²) in [6.45, 7) is 4.65. The van der Waals surface area contributed by atoms with Gasteiger partial charge in [-0.1, -0.05) is 117 Å². The Labute approximate surface area is 272 Å². The van der Waals surface area contributed by atoms with Gasteiger partial charge >= 0.3 is 0 Å². The van der Waals surface area contributed by atoms with Crippen molar-refractivity contribution in [1.29, 1.82) is 5.41 Å². The van der Waals surface area contributed by atoms with Crippen LogP contribution in [0.5, 0.6) is 0 Å². The first kappa shape index (κ1) is 27.3. The maximum absolute atomic E-state index is 9.09. The monoisotopic (exact) mass is 605 g/mol. The second-order valence-corrected chi connectivity index (χ2v) is 12.8. The lowest BCUT2D eigenvalue weighted by Gasteiger charge is -2.21. The van der Waals surface area contributed by atoms with Crippen LogP contribution in [0.25, 0.3) is 60.8 Å². The standard InChI is InChI=1S/C42H31N5/c1-42(2)34-20-9-6-17-29(34)32-25-38-33(24-35(32)42)30-18-8-11-22-37(30)47(38)28-16-12-15-27(23-28)40(43)46-41-44-36-21-10-7-19-31(36)39(45-41)26-13-4-3-5-14-26/h3-25H,1-2H3,(H2,43,44,45,46). The summed E-state index contributed by atoms with van der Waals surface area (Å²) < 4.78 is 2.32. The molecule has 0 saturated carbocycles. The van der Waals surface area contributed by atoms with Crippen molar-refractivity contribution in [3.05, 3.63) is 162 Å². The molecule has 0 radical (unpaired) electrons. The van der Waals surface area contributed by atoms with E-state index in [0.29, 0.717) is 11.2 Å². The number of fused-ring (bicyclic) bond motifs is 7. The van der Waals surface area contributed by atoms with E-state index in [-0.39, 0.29) is 11.3 Å². The maximum Gasteiger partial charge on any atom is 0.229 e. The molecule has 0 saturated heterocycles. The fourth-order valence-electron chi connectivity index (χ4n) is 7.39. The Balaban J connectivity index is 1.20. The van der Waals surface area contributed by atoms with Crippen molar-refractivity contribution >= 4 is 38.5 Å². The summed E-state index contributed by atoms with van der Waals surface area (Å²) in [7, 11) is 0. The first-order valence-electron chi connectivity index (χ1n) is 15.9. The second-order valence-electron chi connectivity index (χ2n) is 12.8. The minimum Gasteiger partial charge on any atom is -0.323 e. The molecule has 0 bridgehead atoms. The minimum atomic E-state index is -0.0754. The van der Waals surface area contributed by atoms with E-state index >= 15 is 0 Å². The molecule has 224 valence electrons. The van der Waals surface area contributed by atoms with Crippen LogP contribution in [0.3, 0.4) is 0 Å². The molecule has 0 unspecified atom stereocenters. The number of aromatic nitrogens is 3. The molecule has 8 aromatic rings. The van der Waals surface area contributed by atoms with E-state index in [1.54, 1.807) is 0 Å². The smallest absolute Gasteiger partial charge is 0.229 e. The van der Waals surface area contributed by atoms with Crippen LogP contribution in [-0.2, 0) is 5.41 Å². The van der Waals surface area contributed by atoms with Crippen LogP contribution in [0.15, 0.2) is 145 Å². The number of aromatic amines is 1. The number of hydrogen-bond donors (Lipinski definition) is 2. The Kier molecular flexibility index (Phi) is 5.93. The number of hydrogen-bond acceptors (Lipinski definition) is 2. The van der Waals surface area contributed by atoms with Gasteiger partial charge in [-0.3, -0.25) is 5.41 Å². The molecule has 1 aliphatic rings. The normalized spacial score (nSPS) is 13.7. The van der Waals surface area contributed by atoms with Crippen molar-refractivity contribution in [2.24, 2.45) is 4.99 Å². The van der Waals surface area contributed by atoms with Crippen molar-refractivity contribution in [3.8, 4) is 28.1 Å². The van der Waals surface area contributed by atoms with Gasteiger partial charge in [-0.15, -0.1) is 0 Å². The number of H-pyrrole nitrogens is 1. The molecule has 2 heterocycles. The summed E-state index contributed by atoms with van der Waals surface area (Å²) >= 11 is 0. The average molecular weight is 606 g/mol. The highest BCUT2D eigenvalue weighted by atomic mass is 15.0. The van der Waals surface area contributed by atoms with E-state index < -0.39 is 0 Å². The molecule has 6 aromatic carbocycles. The molecule has 1 aliphatic carbocycles. The highest BCUT2D eigenvalue weighted by Crippen LogP contribution is 2.50. The Morgan fingerprint density at radius 3 is 2.28 bits per heavy atom. The molecular formula is C42H31N5. The molecule has 47 heavy (non-hydrogen) atoms. The predicted octanol–water partition coefficient (Wildman–Crippen LogP) is 9.56. The van der Waals surface area contributed by atoms with Crippen molar-refractivity contribution < 1.29 is 0 Å². The number of nitrogens with zero attached hydrogens (tertiary/aromatic N) is 3. The van der Waals surface area contributed by atoms with Crippen molar-refractivity contribution in [2.45, 2.75) is 19.3 Å². The zero-order valence-electron chi connectivity index (χ0n) is 26.1. The first-order valence-corrected chi connectivity index (χ1v) is 15.9. The van der Waals surface area contributed by atoms with Gasteiger partial charge in [0.25, 0.3) is 0 Å². The largest absolute Gasteiger partial charge is 0.323 e. The van der Waals surface area contributed by atoms with Gasteiger partial charge in [0.05, 0.1) is 22.2 Å². The molecule has 0 aliphatic heterocycles. The fraction of sp³-hybridized carbons (Fsp3) is 0.0714. The lowest BCUT2D eigenvalue weighted by Crippen LogP contribution is -2.17. The van der Waals surface area contributed by atoms with E-state index in [1.165, 1.54) is 33.0 Å². The Bertz CT molecular complexity index is 2620. The quantitative estimate of drug-likeness (QED) is 0.153. The Hall–Kier alpha value is -6.07. The number of nitrogens with one attached hydrogen (secondary N) is 2. The Morgan fingerprint density at radius 1 is 0.660 bits per heavy atom. The van der Waals surface area contributed by atoms with Crippen LogP contribution in [0.2, 0.25) is 0 Å². The SMILES string of the molecule is CC1(C)c2ccccc2-c2cc3c(cc21)c1ccccc1n3-c1cccc(C(=N)N=c2nc(-c3ccccc3)c3ccccc3[nH]2)c1. The highest BCUT2D eigenvalue weighted by molar-refractivity contribution is 6.11. The number of para-hydroxylation sites is 2. The zero-order chi connectivity index (χ0) is 31.7. The molecule has 0 spiro atoms. The molecular weight excluding hydrogens is 574 g/mol. The number of rotatable bonds is 3. The summed E-state index contributed by atoms with van der Waals surface area (Å²) in [5.41, 5.74) is 12.4. The highest BCUT2D eigenvalue weighted by Gasteiger charge is 2.36.